The molecule has 0 bridgehead atoms. The summed E-state index contributed by atoms with van der Waals surface area (Å²) in [6, 6.07) is -0.717. The summed E-state index contributed by atoms with van der Waals surface area (Å²) in [5.41, 5.74) is 8.01. The molecule has 9 heteroatoms. The summed E-state index contributed by atoms with van der Waals surface area (Å²) in [6.45, 7) is 3.76. The molecule has 0 aliphatic carbocycles. The first-order valence-corrected chi connectivity index (χ1v) is 8.11. The molecule has 1 aromatic rings. The SMILES string of the molecule is COc1c(C)cnc(CN2C(=N)/C(=C(\N)Cl)NC(=O)[C@@H]2CCO)c1C. The van der Waals surface area contributed by atoms with Crippen LogP contribution in [0.2, 0.25) is 0 Å². The highest BCUT2D eigenvalue weighted by atomic mass is 35.5. The predicted octanol–water partition coefficient (Wildman–Crippen LogP) is 0.734. The summed E-state index contributed by atoms with van der Waals surface area (Å²) in [5, 5.41) is 20.0. The quantitative estimate of drug-likeness (QED) is 0.569. The Morgan fingerprint density at radius 3 is 2.80 bits per heavy atom. The van der Waals surface area contributed by atoms with E-state index in [0.29, 0.717) is 11.4 Å². The molecule has 1 aliphatic rings. The Bertz CT molecular complexity index is 731. The molecule has 8 nitrogen and oxygen atoms in total. The summed E-state index contributed by atoms with van der Waals surface area (Å²) in [6.07, 6.45) is 1.86. The average molecular weight is 368 g/mol. The number of amides is 1. The van der Waals surface area contributed by atoms with Crippen LogP contribution in [-0.2, 0) is 11.3 Å². The van der Waals surface area contributed by atoms with Gasteiger partial charge in [-0.15, -0.1) is 0 Å². The van der Waals surface area contributed by atoms with E-state index in [-0.39, 0.29) is 42.2 Å². The van der Waals surface area contributed by atoms with Gasteiger partial charge in [-0.05, 0) is 20.3 Å². The molecule has 1 aliphatic heterocycles. The average Bonchev–Trinajstić information content (AvgIpc) is 2.56. The lowest BCUT2D eigenvalue weighted by Gasteiger charge is -2.38. The number of aliphatic hydroxyl groups excluding tert-OH is 1. The predicted molar refractivity (Wildman–Crippen MR) is 94.2 cm³/mol. The third kappa shape index (κ3) is 3.69. The number of hydrogen-bond donors (Lipinski definition) is 4. The third-order valence-electron chi connectivity index (χ3n) is 4.16. The van der Waals surface area contributed by atoms with Gasteiger partial charge in [-0.2, -0.15) is 0 Å². The molecule has 136 valence electrons. The highest BCUT2D eigenvalue weighted by Gasteiger charge is 2.36. The van der Waals surface area contributed by atoms with E-state index in [9.17, 15) is 9.90 Å². The lowest BCUT2D eigenvalue weighted by atomic mass is 10.0. The molecule has 0 saturated carbocycles. The maximum Gasteiger partial charge on any atom is 0.247 e. The Morgan fingerprint density at radius 1 is 1.56 bits per heavy atom. The normalized spacial score (nSPS) is 19.7. The molecule has 2 rings (SSSR count). The number of methoxy groups -OCH3 is 1. The zero-order chi connectivity index (χ0) is 18.7. The summed E-state index contributed by atoms with van der Waals surface area (Å²) in [7, 11) is 1.58. The van der Waals surface area contributed by atoms with Gasteiger partial charge in [-0.3, -0.25) is 15.2 Å². The number of ether oxygens (including phenoxy) is 1. The topological polar surface area (TPSA) is 125 Å². The number of nitrogens with one attached hydrogen (secondary N) is 2. The second kappa shape index (κ2) is 7.71. The minimum atomic E-state index is -0.717. The van der Waals surface area contributed by atoms with Crippen LogP contribution in [0, 0.1) is 19.3 Å². The molecule has 1 fully saturated rings. The molecule has 0 aromatic carbocycles. The van der Waals surface area contributed by atoms with E-state index in [1.807, 2.05) is 13.8 Å². The van der Waals surface area contributed by atoms with Gasteiger partial charge < -0.3 is 25.8 Å². The van der Waals surface area contributed by atoms with Crippen LogP contribution >= 0.6 is 11.6 Å². The smallest absolute Gasteiger partial charge is 0.247 e. The zero-order valence-electron chi connectivity index (χ0n) is 14.4. The lowest BCUT2D eigenvalue weighted by Crippen LogP contribution is -2.57. The lowest BCUT2D eigenvalue weighted by molar-refractivity contribution is -0.125. The van der Waals surface area contributed by atoms with Crippen LogP contribution in [-0.4, -0.2) is 46.5 Å². The van der Waals surface area contributed by atoms with E-state index in [1.54, 1.807) is 13.3 Å². The Hall–Kier alpha value is -2.32. The standard InChI is InChI=1S/C16H22ClN5O3/c1-8-6-20-10(9(2)13(8)25-3)7-22-11(4-5-23)16(24)21-12(14(17)18)15(22)19/h6,11,19,23H,4-5,7,18H2,1-3H3,(H,21,24)/b14-12+,19-15?/t11-/m0/s1. The van der Waals surface area contributed by atoms with Gasteiger partial charge in [-0.1, -0.05) is 11.6 Å². The molecule has 0 unspecified atom stereocenters. The van der Waals surface area contributed by atoms with Crippen LogP contribution < -0.4 is 15.8 Å². The highest BCUT2D eigenvalue weighted by molar-refractivity contribution is 6.32. The number of aromatic nitrogens is 1. The maximum atomic E-state index is 12.4. The minimum Gasteiger partial charge on any atom is -0.496 e. The van der Waals surface area contributed by atoms with Crippen molar-refractivity contribution in [2.45, 2.75) is 32.9 Å². The van der Waals surface area contributed by atoms with Crippen molar-refractivity contribution in [2.24, 2.45) is 5.73 Å². The monoisotopic (exact) mass is 367 g/mol. The van der Waals surface area contributed by atoms with Crippen molar-refractivity contribution in [1.29, 1.82) is 5.41 Å². The Balaban J connectivity index is 2.44. The van der Waals surface area contributed by atoms with Crippen molar-refractivity contribution < 1.29 is 14.6 Å². The van der Waals surface area contributed by atoms with Crippen molar-refractivity contribution in [2.75, 3.05) is 13.7 Å². The fourth-order valence-corrected chi connectivity index (χ4v) is 3.01. The van der Waals surface area contributed by atoms with Gasteiger partial charge in [0.25, 0.3) is 0 Å². The van der Waals surface area contributed by atoms with Crippen LogP contribution in [0.5, 0.6) is 5.75 Å². The van der Waals surface area contributed by atoms with E-state index in [4.69, 9.17) is 27.5 Å². The van der Waals surface area contributed by atoms with Crippen LogP contribution in [0.3, 0.4) is 0 Å². The summed E-state index contributed by atoms with van der Waals surface area (Å²) in [5.74, 6) is 0.316. The van der Waals surface area contributed by atoms with Crippen molar-refractivity contribution in [3.8, 4) is 5.75 Å². The van der Waals surface area contributed by atoms with Gasteiger partial charge in [0, 0.05) is 23.9 Å². The first kappa shape index (κ1) is 19.0. The van der Waals surface area contributed by atoms with Gasteiger partial charge in [0.05, 0.1) is 19.3 Å². The van der Waals surface area contributed by atoms with E-state index in [0.717, 1.165) is 11.1 Å². The Labute approximate surface area is 151 Å². The minimum absolute atomic E-state index is 0.0220. The van der Waals surface area contributed by atoms with Crippen molar-refractivity contribution in [3.05, 3.63) is 33.9 Å². The fraction of sp³-hybridized carbons (Fsp3) is 0.438. The van der Waals surface area contributed by atoms with Gasteiger partial charge in [0.15, 0.2) is 0 Å². The van der Waals surface area contributed by atoms with Crippen molar-refractivity contribution >= 4 is 23.3 Å². The Kier molecular flexibility index (Phi) is 5.86. The number of aryl methyl sites for hydroxylation is 1. The molecule has 1 amide bonds. The zero-order valence-corrected chi connectivity index (χ0v) is 15.1. The number of hydrogen-bond acceptors (Lipinski definition) is 6. The first-order valence-electron chi connectivity index (χ1n) is 7.73. The second-order valence-corrected chi connectivity index (χ2v) is 6.17. The first-order chi connectivity index (χ1) is 11.8. The van der Waals surface area contributed by atoms with Gasteiger partial charge in [0.1, 0.15) is 28.5 Å². The molecule has 5 N–H and O–H groups in total. The van der Waals surface area contributed by atoms with E-state index < -0.39 is 6.04 Å². The number of nitrogens with two attached hydrogens (primary N) is 1. The van der Waals surface area contributed by atoms with E-state index in [2.05, 4.69) is 10.3 Å². The third-order valence-corrected chi connectivity index (χ3v) is 4.35. The summed E-state index contributed by atoms with van der Waals surface area (Å²) in [4.78, 5) is 18.3. The molecule has 1 saturated heterocycles. The molecule has 0 radical (unpaired) electrons. The largest absolute Gasteiger partial charge is 0.496 e. The van der Waals surface area contributed by atoms with Crippen LogP contribution in [0.1, 0.15) is 23.2 Å². The molecule has 1 aromatic heterocycles. The number of carbonyl (C=O) groups is 1. The Morgan fingerprint density at radius 2 is 2.24 bits per heavy atom. The summed E-state index contributed by atoms with van der Waals surface area (Å²) >= 11 is 5.80. The van der Waals surface area contributed by atoms with Crippen LogP contribution in [0.4, 0.5) is 0 Å². The van der Waals surface area contributed by atoms with Crippen LogP contribution in [0.15, 0.2) is 17.1 Å². The number of rotatable bonds is 5. The van der Waals surface area contributed by atoms with Crippen LogP contribution in [0.25, 0.3) is 0 Å². The molecule has 2 heterocycles. The van der Waals surface area contributed by atoms with Gasteiger partial charge >= 0.3 is 0 Å². The number of aliphatic hydroxyl groups is 1. The molecular weight excluding hydrogens is 346 g/mol. The number of nitrogens with zero attached hydrogens (tertiary/aromatic N) is 2. The molecule has 0 spiro atoms. The number of piperazine rings is 1. The van der Waals surface area contributed by atoms with Crippen molar-refractivity contribution in [1.82, 2.24) is 15.2 Å². The molecule has 1 atom stereocenters. The fourth-order valence-electron chi connectivity index (χ4n) is 2.87. The number of amidine groups is 1. The van der Waals surface area contributed by atoms with E-state index >= 15 is 0 Å². The maximum absolute atomic E-state index is 12.4. The molecular formula is C16H22ClN5O3. The van der Waals surface area contributed by atoms with Gasteiger partial charge in [0.2, 0.25) is 5.91 Å². The highest BCUT2D eigenvalue weighted by Crippen LogP contribution is 2.27. The number of pyridine rings is 1. The van der Waals surface area contributed by atoms with E-state index in [1.165, 1.54) is 4.90 Å². The molecule has 25 heavy (non-hydrogen) atoms. The van der Waals surface area contributed by atoms with Crippen molar-refractivity contribution in [3.63, 3.8) is 0 Å². The summed E-state index contributed by atoms with van der Waals surface area (Å²) < 4.78 is 5.41. The van der Waals surface area contributed by atoms with Gasteiger partial charge in [-0.25, -0.2) is 0 Å². The number of halogens is 1. The second-order valence-electron chi connectivity index (χ2n) is 5.76. The number of carbonyl (C=O) groups excluding carboxylic acids is 1.